The topological polar surface area (TPSA) is 69.6 Å². The fourth-order valence-corrected chi connectivity index (χ4v) is 1.71. The van der Waals surface area contributed by atoms with Gasteiger partial charge in [-0.1, -0.05) is 20.8 Å². The second kappa shape index (κ2) is 3.43. The molecule has 0 bridgehead atoms. The predicted octanol–water partition coefficient (Wildman–Crippen LogP) is 1.53. The molecular weight excluding hydrogens is 202 g/mol. The third kappa shape index (κ3) is 1.98. The minimum atomic E-state index is 0.158. The monoisotopic (exact) mass is 219 g/mol. The SMILES string of the molecule is Cn1cnc2c(CC(C)(C)C)nc(N)nc21. The molecule has 0 aliphatic rings. The van der Waals surface area contributed by atoms with Crippen molar-refractivity contribution in [3.05, 3.63) is 12.0 Å². The summed E-state index contributed by atoms with van der Waals surface area (Å²) in [4.78, 5) is 12.8. The van der Waals surface area contributed by atoms with Crippen molar-refractivity contribution >= 4 is 17.1 Å². The Bertz CT molecular complexity index is 521. The lowest BCUT2D eigenvalue weighted by atomic mass is 9.90. The Labute approximate surface area is 94.7 Å². The third-order valence-corrected chi connectivity index (χ3v) is 2.35. The normalized spacial score (nSPS) is 12.2. The summed E-state index contributed by atoms with van der Waals surface area (Å²) in [7, 11) is 1.91. The number of anilines is 1. The molecule has 0 aromatic carbocycles. The summed E-state index contributed by atoms with van der Waals surface area (Å²) >= 11 is 0. The van der Waals surface area contributed by atoms with Crippen LogP contribution < -0.4 is 5.73 Å². The van der Waals surface area contributed by atoms with Gasteiger partial charge in [0.25, 0.3) is 0 Å². The number of hydrogen-bond acceptors (Lipinski definition) is 4. The van der Waals surface area contributed by atoms with Crippen LogP contribution in [0.4, 0.5) is 5.95 Å². The molecule has 0 aliphatic heterocycles. The summed E-state index contributed by atoms with van der Waals surface area (Å²) in [5.74, 6) is 0.315. The Morgan fingerprint density at radius 3 is 2.62 bits per heavy atom. The molecule has 2 N–H and O–H groups in total. The molecule has 0 fully saturated rings. The first-order valence-electron chi connectivity index (χ1n) is 5.30. The molecule has 0 amide bonds. The number of aromatic nitrogens is 4. The van der Waals surface area contributed by atoms with Crippen LogP contribution in [0.3, 0.4) is 0 Å². The zero-order chi connectivity index (χ0) is 11.9. The molecule has 0 radical (unpaired) electrons. The zero-order valence-corrected chi connectivity index (χ0v) is 10.2. The lowest BCUT2D eigenvalue weighted by Crippen LogP contribution is -2.12. The maximum Gasteiger partial charge on any atom is 0.222 e. The number of fused-ring (bicyclic) bond motifs is 1. The highest BCUT2D eigenvalue weighted by molar-refractivity contribution is 5.74. The highest BCUT2D eigenvalue weighted by Crippen LogP contribution is 2.24. The van der Waals surface area contributed by atoms with E-state index in [1.165, 1.54) is 0 Å². The van der Waals surface area contributed by atoms with Gasteiger partial charge < -0.3 is 10.3 Å². The van der Waals surface area contributed by atoms with Gasteiger partial charge in [-0.25, -0.2) is 9.97 Å². The van der Waals surface area contributed by atoms with Crippen LogP contribution in [0.1, 0.15) is 26.5 Å². The van der Waals surface area contributed by atoms with E-state index in [0.29, 0.717) is 5.95 Å². The van der Waals surface area contributed by atoms with Crippen LogP contribution in [0.2, 0.25) is 0 Å². The van der Waals surface area contributed by atoms with Crippen molar-refractivity contribution < 1.29 is 0 Å². The number of hydrogen-bond donors (Lipinski definition) is 1. The molecule has 16 heavy (non-hydrogen) atoms. The van der Waals surface area contributed by atoms with Gasteiger partial charge in [-0.05, 0) is 11.8 Å². The summed E-state index contributed by atoms with van der Waals surface area (Å²) < 4.78 is 1.86. The molecule has 0 spiro atoms. The van der Waals surface area contributed by atoms with Gasteiger partial charge in [0.15, 0.2) is 5.65 Å². The van der Waals surface area contributed by atoms with Crippen molar-refractivity contribution in [1.82, 2.24) is 19.5 Å². The number of rotatable bonds is 1. The smallest absolute Gasteiger partial charge is 0.222 e. The van der Waals surface area contributed by atoms with Gasteiger partial charge in [-0.3, -0.25) is 0 Å². The van der Waals surface area contributed by atoms with Gasteiger partial charge in [0.05, 0.1) is 12.0 Å². The fourth-order valence-electron chi connectivity index (χ4n) is 1.71. The van der Waals surface area contributed by atoms with E-state index in [0.717, 1.165) is 23.3 Å². The Kier molecular flexibility index (Phi) is 2.33. The molecule has 2 aromatic rings. The fraction of sp³-hybridized carbons (Fsp3) is 0.545. The summed E-state index contributed by atoms with van der Waals surface area (Å²) in [5.41, 5.74) is 8.44. The molecule has 5 nitrogen and oxygen atoms in total. The molecule has 0 saturated carbocycles. The summed E-state index contributed by atoms with van der Waals surface area (Å²) in [6.07, 6.45) is 2.58. The van der Waals surface area contributed by atoms with Crippen LogP contribution in [0.5, 0.6) is 0 Å². The average molecular weight is 219 g/mol. The highest BCUT2D eigenvalue weighted by Gasteiger charge is 2.17. The Hall–Kier alpha value is -1.65. The van der Waals surface area contributed by atoms with Gasteiger partial charge in [0.2, 0.25) is 5.95 Å². The van der Waals surface area contributed by atoms with Crippen LogP contribution in [0, 0.1) is 5.41 Å². The minimum absolute atomic E-state index is 0.158. The number of nitrogen functional groups attached to an aromatic ring is 1. The Morgan fingerprint density at radius 1 is 1.31 bits per heavy atom. The minimum Gasteiger partial charge on any atom is -0.368 e. The molecule has 0 unspecified atom stereocenters. The quantitative estimate of drug-likeness (QED) is 0.789. The Balaban J connectivity index is 2.60. The first kappa shape index (κ1) is 10.9. The maximum absolute atomic E-state index is 5.71. The molecular formula is C11H17N5. The summed E-state index contributed by atoms with van der Waals surface area (Å²) in [5, 5.41) is 0. The van der Waals surface area contributed by atoms with E-state index in [4.69, 9.17) is 5.73 Å². The number of aryl methyl sites for hydroxylation is 1. The average Bonchev–Trinajstić information content (AvgIpc) is 2.45. The van der Waals surface area contributed by atoms with Gasteiger partial charge in [0, 0.05) is 7.05 Å². The predicted molar refractivity (Wildman–Crippen MR) is 63.9 cm³/mol. The van der Waals surface area contributed by atoms with E-state index in [2.05, 4.69) is 35.7 Å². The van der Waals surface area contributed by atoms with Crippen LogP contribution in [0.25, 0.3) is 11.2 Å². The largest absolute Gasteiger partial charge is 0.368 e. The van der Waals surface area contributed by atoms with Gasteiger partial charge in [-0.2, -0.15) is 4.98 Å². The number of imidazole rings is 1. The van der Waals surface area contributed by atoms with E-state index >= 15 is 0 Å². The molecule has 0 saturated heterocycles. The number of nitrogens with zero attached hydrogens (tertiary/aromatic N) is 4. The van der Waals surface area contributed by atoms with E-state index in [-0.39, 0.29) is 5.41 Å². The van der Waals surface area contributed by atoms with Gasteiger partial charge in [0.1, 0.15) is 5.52 Å². The highest BCUT2D eigenvalue weighted by atomic mass is 15.1. The second-order valence-corrected chi connectivity index (χ2v) is 5.29. The third-order valence-electron chi connectivity index (χ3n) is 2.35. The van der Waals surface area contributed by atoms with Crippen LogP contribution in [0.15, 0.2) is 6.33 Å². The standard InChI is InChI=1S/C11H17N5/c1-11(2,3)5-7-8-9(15-10(12)14-7)16(4)6-13-8/h6H,5H2,1-4H3,(H2,12,14,15). The molecule has 86 valence electrons. The number of nitrogens with two attached hydrogens (primary N) is 1. The Morgan fingerprint density at radius 2 is 2.00 bits per heavy atom. The molecule has 0 aliphatic carbocycles. The summed E-state index contributed by atoms with van der Waals surface area (Å²) in [6.45, 7) is 6.50. The van der Waals surface area contributed by atoms with Crippen molar-refractivity contribution in [3.8, 4) is 0 Å². The lowest BCUT2D eigenvalue weighted by molar-refractivity contribution is 0.408. The van der Waals surface area contributed by atoms with Gasteiger partial charge >= 0.3 is 0 Å². The molecule has 5 heteroatoms. The van der Waals surface area contributed by atoms with E-state index in [9.17, 15) is 0 Å². The van der Waals surface area contributed by atoms with Crippen molar-refractivity contribution in [2.75, 3.05) is 5.73 Å². The zero-order valence-electron chi connectivity index (χ0n) is 10.2. The van der Waals surface area contributed by atoms with Crippen molar-refractivity contribution in [3.63, 3.8) is 0 Å². The molecule has 0 atom stereocenters. The lowest BCUT2D eigenvalue weighted by Gasteiger charge is -2.17. The van der Waals surface area contributed by atoms with Crippen LogP contribution >= 0.6 is 0 Å². The maximum atomic E-state index is 5.71. The van der Waals surface area contributed by atoms with E-state index in [1.54, 1.807) is 6.33 Å². The molecule has 2 aromatic heterocycles. The van der Waals surface area contributed by atoms with E-state index in [1.807, 2.05) is 11.6 Å². The van der Waals surface area contributed by atoms with Crippen molar-refractivity contribution in [2.24, 2.45) is 12.5 Å². The van der Waals surface area contributed by atoms with Crippen LogP contribution in [-0.2, 0) is 13.5 Å². The van der Waals surface area contributed by atoms with Crippen molar-refractivity contribution in [1.29, 1.82) is 0 Å². The van der Waals surface area contributed by atoms with Crippen LogP contribution in [-0.4, -0.2) is 19.5 Å². The molecule has 2 rings (SSSR count). The van der Waals surface area contributed by atoms with Gasteiger partial charge in [-0.15, -0.1) is 0 Å². The summed E-state index contributed by atoms with van der Waals surface area (Å²) in [6, 6.07) is 0. The first-order chi connectivity index (χ1) is 7.37. The second-order valence-electron chi connectivity index (χ2n) is 5.29. The van der Waals surface area contributed by atoms with E-state index < -0.39 is 0 Å². The molecule has 2 heterocycles. The first-order valence-corrected chi connectivity index (χ1v) is 5.30. The van der Waals surface area contributed by atoms with Crippen molar-refractivity contribution in [2.45, 2.75) is 27.2 Å².